The molecule has 11 heteroatoms. The van der Waals surface area contributed by atoms with Crippen molar-refractivity contribution in [2.24, 2.45) is 17.6 Å². The van der Waals surface area contributed by atoms with Crippen LogP contribution in [0.15, 0.2) is 12.1 Å². The van der Waals surface area contributed by atoms with Gasteiger partial charge in [-0.15, -0.1) is 0 Å². The maximum Gasteiger partial charge on any atom is 0.243 e. The standard InChI is InChI=1S/C27H34F3N5O3/c1-3-14(2)25(32)27(38)34-6-4-5-22(34)26(37)33-17(7-15-9-20(29)21(30)12-19(15)28)11-24(36)35-18(13-31)8-16-10-23(16)35/h9,12,14,16-18,22-23,25H,3-8,10-11,32H2,1-2H3,(H,33,37)/t14?,16?,17-,18?,22?,23?,25?/m1/s1. The van der Waals surface area contributed by atoms with E-state index in [-0.39, 0.29) is 48.1 Å². The van der Waals surface area contributed by atoms with Crippen molar-refractivity contribution >= 4 is 17.7 Å². The van der Waals surface area contributed by atoms with Gasteiger partial charge in [0.15, 0.2) is 11.6 Å². The molecule has 1 aromatic rings. The van der Waals surface area contributed by atoms with E-state index in [9.17, 15) is 32.8 Å². The van der Waals surface area contributed by atoms with Gasteiger partial charge in [-0.25, -0.2) is 13.2 Å². The summed E-state index contributed by atoms with van der Waals surface area (Å²) in [4.78, 5) is 42.6. The zero-order chi connectivity index (χ0) is 27.7. The van der Waals surface area contributed by atoms with E-state index in [1.807, 2.05) is 13.8 Å². The Labute approximate surface area is 220 Å². The first kappa shape index (κ1) is 27.9. The molecule has 3 amide bonds. The third-order valence-corrected chi connectivity index (χ3v) is 8.25. The Balaban J connectivity index is 1.52. The van der Waals surface area contributed by atoms with E-state index >= 15 is 0 Å². The van der Waals surface area contributed by atoms with Crippen LogP contribution in [0, 0.1) is 40.6 Å². The van der Waals surface area contributed by atoms with Gasteiger partial charge in [0.25, 0.3) is 0 Å². The van der Waals surface area contributed by atoms with Crippen molar-refractivity contribution in [3.8, 4) is 6.07 Å². The number of hydrogen-bond acceptors (Lipinski definition) is 5. The zero-order valence-electron chi connectivity index (χ0n) is 21.6. The van der Waals surface area contributed by atoms with Gasteiger partial charge in [0.05, 0.1) is 12.1 Å². The van der Waals surface area contributed by atoms with E-state index in [4.69, 9.17) is 5.73 Å². The van der Waals surface area contributed by atoms with E-state index in [1.54, 1.807) is 0 Å². The first-order valence-corrected chi connectivity index (χ1v) is 13.3. The molecule has 6 unspecified atom stereocenters. The van der Waals surface area contributed by atoms with Crippen molar-refractivity contribution in [2.45, 2.75) is 89.0 Å². The molecule has 8 nitrogen and oxygen atoms in total. The Morgan fingerprint density at radius 3 is 2.58 bits per heavy atom. The fraction of sp³-hybridized carbons (Fsp3) is 0.630. The lowest BCUT2D eigenvalue weighted by molar-refractivity contribution is -0.141. The second kappa shape index (κ2) is 11.3. The normalized spacial score (nSPS) is 26.3. The molecule has 38 heavy (non-hydrogen) atoms. The number of carbonyl (C=O) groups excluding carboxylic acids is 3. The number of nitrogens with two attached hydrogens (primary N) is 1. The molecule has 3 aliphatic rings. The minimum atomic E-state index is -1.34. The van der Waals surface area contributed by atoms with Crippen LogP contribution < -0.4 is 11.1 Å². The van der Waals surface area contributed by atoms with Gasteiger partial charge in [-0.1, -0.05) is 20.3 Å². The number of nitrogens with one attached hydrogen (secondary N) is 1. The lowest BCUT2D eigenvalue weighted by atomic mass is 9.98. The Kier molecular flexibility index (Phi) is 8.31. The van der Waals surface area contributed by atoms with Crippen molar-refractivity contribution in [3.05, 3.63) is 35.1 Å². The van der Waals surface area contributed by atoms with Crippen LogP contribution in [-0.4, -0.2) is 64.3 Å². The average molecular weight is 534 g/mol. The summed E-state index contributed by atoms with van der Waals surface area (Å²) < 4.78 is 41.9. The summed E-state index contributed by atoms with van der Waals surface area (Å²) in [5, 5.41) is 12.2. The third-order valence-electron chi connectivity index (χ3n) is 8.25. The first-order chi connectivity index (χ1) is 18.0. The molecular formula is C27H34F3N5O3. The molecule has 0 radical (unpaired) electrons. The van der Waals surface area contributed by atoms with Crippen molar-refractivity contribution in [1.29, 1.82) is 5.26 Å². The van der Waals surface area contributed by atoms with Crippen molar-refractivity contribution < 1.29 is 27.6 Å². The molecule has 2 heterocycles. The molecule has 206 valence electrons. The van der Waals surface area contributed by atoms with E-state index < -0.39 is 47.5 Å². The minimum Gasteiger partial charge on any atom is -0.351 e. The van der Waals surface area contributed by atoms with Crippen LogP contribution in [0.1, 0.15) is 57.9 Å². The molecule has 1 saturated carbocycles. The Morgan fingerprint density at radius 2 is 1.89 bits per heavy atom. The zero-order valence-corrected chi connectivity index (χ0v) is 21.6. The highest BCUT2D eigenvalue weighted by Crippen LogP contribution is 2.47. The van der Waals surface area contributed by atoms with Crippen LogP contribution in [0.5, 0.6) is 0 Å². The van der Waals surface area contributed by atoms with Crippen LogP contribution in [0.3, 0.4) is 0 Å². The Hall–Kier alpha value is -3.13. The number of nitrogens with zero attached hydrogens (tertiary/aromatic N) is 3. The summed E-state index contributed by atoms with van der Waals surface area (Å²) in [7, 11) is 0. The molecule has 1 aromatic carbocycles. The average Bonchev–Trinajstić information content (AvgIpc) is 3.29. The summed E-state index contributed by atoms with van der Waals surface area (Å²) >= 11 is 0. The number of nitriles is 1. The lowest BCUT2D eigenvalue weighted by Gasteiger charge is -2.31. The maximum absolute atomic E-state index is 14.5. The van der Waals surface area contributed by atoms with Gasteiger partial charge in [0, 0.05) is 31.1 Å². The van der Waals surface area contributed by atoms with Gasteiger partial charge in [0.2, 0.25) is 17.7 Å². The van der Waals surface area contributed by atoms with Crippen molar-refractivity contribution in [1.82, 2.24) is 15.1 Å². The van der Waals surface area contributed by atoms with Gasteiger partial charge >= 0.3 is 0 Å². The van der Waals surface area contributed by atoms with Crippen LogP contribution in [0.2, 0.25) is 0 Å². The second-order valence-electron chi connectivity index (χ2n) is 10.8. The number of amides is 3. The van der Waals surface area contributed by atoms with Gasteiger partial charge in [-0.05, 0) is 55.6 Å². The van der Waals surface area contributed by atoms with Gasteiger partial charge < -0.3 is 20.9 Å². The summed E-state index contributed by atoms with van der Waals surface area (Å²) in [6.45, 7) is 4.15. The molecule has 2 aliphatic heterocycles. The fourth-order valence-corrected chi connectivity index (χ4v) is 5.70. The number of benzene rings is 1. The minimum absolute atomic E-state index is 0.0199. The number of rotatable bonds is 9. The molecule has 2 saturated heterocycles. The summed E-state index contributed by atoms with van der Waals surface area (Å²) in [5.41, 5.74) is 5.94. The number of likely N-dealkylation sites (tertiary alicyclic amines) is 2. The van der Waals surface area contributed by atoms with E-state index in [0.29, 0.717) is 38.3 Å². The fourth-order valence-electron chi connectivity index (χ4n) is 5.70. The number of fused-ring (bicyclic) bond motifs is 1. The molecule has 0 aromatic heterocycles. The number of carbonyl (C=O) groups is 3. The summed E-state index contributed by atoms with van der Waals surface area (Å²) in [6, 6.07) is 0.174. The quantitative estimate of drug-likeness (QED) is 0.473. The molecule has 0 spiro atoms. The van der Waals surface area contributed by atoms with Gasteiger partial charge in [0.1, 0.15) is 17.9 Å². The van der Waals surface area contributed by atoms with Crippen LogP contribution >= 0.6 is 0 Å². The summed E-state index contributed by atoms with van der Waals surface area (Å²) in [5.74, 6) is -4.58. The van der Waals surface area contributed by atoms with Crippen LogP contribution in [-0.2, 0) is 20.8 Å². The van der Waals surface area contributed by atoms with E-state index in [2.05, 4.69) is 11.4 Å². The number of halogens is 3. The van der Waals surface area contributed by atoms with Gasteiger partial charge in [-0.2, -0.15) is 5.26 Å². The Morgan fingerprint density at radius 1 is 1.18 bits per heavy atom. The monoisotopic (exact) mass is 533 g/mol. The second-order valence-corrected chi connectivity index (χ2v) is 10.8. The maximum atomic E-state index is 14.5. The molecule has 0 bridgehead atoms. The molecule has 3 N–H and O–H groups in total. The van der Waals surface area contributed by atoms with Crippen LogP contribution in [0.4, 0.5) is 13.2 Å². The topological polar surface area (TPSA) is 120 Å². The van der Waals surface area contributed by atoms with Gasteiger partial charge in [-0.3, -0.25) is 14.4 Å². The first-order valence-electron chi connectivity index (χ1n) is 13.3. The van der Waals surface area contributed by atoms with Crippen LogP contribution in [0.25, 0.3) is 0 Å². The lowest BCUT2D eigenvalue weighted by Crippen LogP contribution is -2.54. The predicted molar refractivity (Wildman–Crippen MR) is 131 cm³/mol. The highest BCUT2D eigenvalue weighted by molar-refractivity contribution is 5.91. The molecule has 1 aliphatic carbocycles. The number of hydrogen-bond donors (Lipinski definition) is 2. The SMILES string of the molecule is CCC(C)C(N)C(=O)N1CCCC1C(=O)N[C@@H](CC(=O)N1C(C#N)CC2CC21)Cc1cc(F)c(F)cc1F. The largest absolute Gasteiger partial charge is 0.351 e. The van der Waals surface area contributed by atoms with E-state index in [1.165, 1.54) is 9.80 Å². The molecule has 7 atom stereocenters. The number of piperidine rings is 1. The third kappa shape index (κ3) is 5.65. The highest BCUT2D eigenvalue weighted by atomic mass is 19.2. The van der Waals surface area contributed by atoms with Crippen molar-refractivity contribution in [3.63, 3.8) is 0 Å². The van der Waals surface area contributed by atoms with E-state index in [0.717, 1.165) is 12.5 Å². The van der Waals surface area contributed by atoms with Crippen molar-refractivity contribution in [2.75, 3.05) is 6.54 Å². The molecule has 4 rings (SSSR count). The Bertz CT molecular complexity index is 1140. The summed E-state index contributed by atoms with van der Waals surface area (Å²) in [6.07, 6.45) is 2.58. The smallest absolute Gasteiger partial charge is 0.243 e. The molecular weight excluding hydrogens is 499 g/mol. The predicted octanol–water partition coefficient (Wildman–Crippen LogP) is 2.40. The highest BCUT2D eigenvalue weighted by Gasteiger charge is 2.54. The molecule has 3 fully saturated rings.